The maximum absolute atomic E-state index is 12.4. The second kappa shape index (κ2) is 7.74. The van der Waals surface area contributed by atoms with Gasteiger partial charge in [0.2, 0.25) is 6.79 Å². The van der Waals surface area contributed by atoms with Gasteiger partial charge in [-0.1, -0.05) is 6.07 Å². The lowest BCUT2D eigenvalue weighted by Crippen LogP contribution is -2.23. The Labute approximate surface area is 156 Å². The minimum absolute atomic E-state index is 0.165. The Morgan fingerprint density at radius 3 is 2.67 bits per heavy atom. The van der Waals surface area contributed by atoms with Crippen LogP contribution in [0, 0.1) is 0 Å². The highest BCUT2D eigenvalue weighted by molar-refractivity contribution is 5.94. The molecule has 1 aliphatic heterocycles. The van der Waals surface area contributed by atoms with Crippen molar-refractivity contribution in [2.75, 3.05) is 12.1 Å². The zero-order valence-electron chi connectivity index (χ0n) is 14.5. The molecule has 3 heterocycles. The molecule has 0 aliphatic carbocycles. The van der Waals surface area contributed by atoms with Crippen molar-refractivity contribution >= 4 is 11.7 Å². The molecule has 0 spiro atoms. The molecule has 1 amide bonds. The standard InChI is InChI=1S/C20H18N4O3/c25-20(24-12-15-1-2-17-18(9-15)27-13-26-17)16-5-8-22-19(10-16)23-11-14-3-6-21-7-4-14/h1-10H,11-13H2,(H,22,23)(H,24,25). The van der Waals surface area contributed by atoms with E-state index in [2.05, 4.69) is 20.6 Å². The highest BCUT2D eigenvalue weighted by atomic mass is 16.7. The van der Waals surface area contributed by atoms with Gasteiger partial charge in [0.05, 0.1) is 0 Å². The summed E-state index contributed by atoms with van der Waals surface area (Å²) in [6.45, 7) is 1.24. The molecule has 7 nitrogen and oxygen atoms in total. The van der Waals surface area contributed by atoms with Crippen LogP contribution in [0.3, 0.4) is 0 Å². The number of pyridine rings is 2. The number of hydrogen-bond acceptors (Lipinski definition) is 6. The maximum Gasteiger partial charge on any atom is 0.251 e. The van der Waals surface area contributed by atoms with Crippen molar-refractivity contribution in [3.63, 3.8) is 0 Å². The van der Waals surface area contributed by atoms with E-state index in [-0.39, 0.29) is 12.7 Å². The van der Waals surface area contributed by atoms with Crippen molar-refractivity contribution in [2.45, 2.75) is 13.1 Å². The van der Waals surface area contributed by atoms with E-state index in [0.717, 1.165) is 16.9 Å². The van der Waals surface area contributed by atoms with Crippen molar-refractivity contribution < 1.29 is 14.3 Å². The van der Waals surface area contributed by atoms with Crippen molar-refractivity contribution in [3.8, 4) is 11.5 Å². The van der Waals surface area contributed by atoms with Gasteiger partial charge in [0.1, 0.15) is 5.82 Å². The first-order valence-corrected chi connectivity index (χ1v) is 8.53. The molecule has 3 aromatic rings. The van der Waals surface area contributed by atoms with E-state index in [9.17, 15) is 4.79 Å². The number of hydrogen-bond donors (Lipinski definition) is 2. The normalized spacial score (nSPS) is 11.9. The van der Waals surface area contributed by atoms with Gasteiger partial charge in [-0.2, -0.15) is 0 Å². The van der Waals surface area contributed by atoms with Crippen LogP contribution in [0.15, 0.2) is 61.1 Å². The molecule has 1 aromatic carbocycles. The zero-order valence-corrected chi connectivity index (χ0v) is 14.5. The first-order valence-electron chi connectivity index (χ1n) is 8.53. The van der Waals surface area contributed by atoms with Crippen molar-refractivity contribution in [3.05, 3.63) is 77.7 Å². The summed E-state index contributed by atoms with van der Waals surface area (Å²) in [5.74, 6) is 1.90. The Balaban J connectivity index is 1.36. The van der Waals surface area contributed by atoms with Crippen molar-refractivity contribution in [1.29, 1.82) is 0 Å². The second-order valence-corrected chi connectivity index (χ2v) is 6.01. The molecule has 0 atom stereocenters. The summed E-state index contributed by atoms with van der Waals surface area (Å²) < 4.78 is 10.6. The third-order valence-corrected chi connectivity index (χ3v) is 4.14. The fourth-order valence-electron chi connectivity index (χ4n) is 2.70. The van der Waals surface area contributed by atoms with Gasteiger partial charge in [0, 0.05) is 37.2 Å². The molecule has 2 aromatic heterocycles. The summed E-state index contributed by atoms with van der Waals surface area (Å²) in [6, 6.07) is 12.9. The molecular formula is C20H18N4O3. The van der Waals surface area contributed by atoms with Crippen LogP contribution in [0.4, 0.5) is 5.82 Å². The number of aromatic nitrogens is 2. The van der Waals surface area contributed by atoms with Crippen molar-refractivity contribution in [2.24, 2.45) is 0 Å². The molecular weight excluding hydrogens is 344 g/mol. The topological polar surface area (TPSA) is 85.4 Å². The van der Waals surface area contributed by atoms with Gasteiger partial charge in [-0.15, -0.1) is 0 Å². The summed E-state index contributed by atoms with van der Waals surface area (Å²) >= 11 is 0. The van der Waals surface area contributed by atoms with E-state index in [4.69, 9.17) is 9.47 Å². The van der Waals surface area contributed by atoms with E-state index >= 15 is 0 Å². The predicted octanol–water partition coefficient (Wildman–Crippen LogP) is 2.75. The molecule has 0 unspecified atom stereocenters. The van der Waals surface area contributed by atoms with Gasteiger partial charge in [0.25, 0.3) is 5.91 Å². The summed E-state index contributed by atoms with van der Waals surface area (Å²) in [6.07, 6.45) is 5.10. The summed E-state index contributed by atoms with van der Waals surface area (Å²) in [5, 5.41) is 6.12. The molecule has 4 rings (SSSR count). The van der Waals surface area contributed by atoms with Gasteiger partial charge in [0.15, 0.2) is 11.5 Å². The number of amides is 1. The molecule has 2 N–H and O–H groups in total. The van der Waals surface area contributed by atoms with Crippen LogP contribution in [0.25, 0.3) is 0 Å². The highest BCUT2D eigenvalue weighted by Gasteiger charge is 2.14. The smallest absolute Gasteiger partial charge is 0.251 e. The van der Waals surface area contributed by atoms with E-state index in [1.165, 1.54) is 0 Å². The molecule has 136 valence electrons. The van der Waals surface area contributed by atoms with Crippen LogP contribution in [0.2, 0.25) is 0 Å². The largest absolute Gasteiger partial charge is 0.454 e. The average molecular weight is 362 g/mol. The minimum Gasteiger partial charge on any atom is -0.454 e. The Morgan fingerprint density at radius 2 is 1.78 bits per heavy atom. The van der Waals surface area contributed by atoms with Gasteiger partial charge in [-0.05, 0) is 47.5 Å². The SMILES string of the molecule is O=C(NCc1ccc2c(c1)OCO2)c1ccnc(NCc2ccncc2)c1. The molecule has 1 aliphatic rings. The lowest BCUT2D eigenvalue weighted by Gasteiger charge is -2.09. The van der Waals surface area contributed by atoms with E-state index in [0.29, 0.717) is 30.2 Å². The van der Waals surface area contributed by atoms with Gasteiger partial charge in [-0.25, -0.2) is 4.98 Å². The monoisotopic (exact) mass is 362 g/mol. The molecule has 27 heavy (non-hydrogen) atoms. The fraction of sp³-hybridized carbons (Fsp3) is 0.150. The number of benzene rings is 1. The Bertz CT molecular complexity index is 947. The van der Waals surface area contributed by atoms with Crippen LogP contribution >= 0.6 is 0 Å². The molecule has 7 heteroatoms. The minimum atomic E-state index is -0.165. The first kappa shape index (κ1) is 16.8. The summed E-state index contributed by atoms with van der Waals surface area (Å²) in [4.78, 5) is 20.7. The van der Waals surface area contributed by atoms with E-state index in [1.54, 1.807) is 30.7 Å². The zero-order chi connectivity index (χ0) is 18.5. The van der Waals surface area contributed by atoms with Crippen LogP contribution in [-0.2, 0) is 13.1 Å². The van der Waals surface area contributed by atoms with Crippen LogP contribution in [0.5, 0.6) is 11.5 Å². The van der Waals surface area contributed by atoms with Crippen LogP contribution in [-0.4, -0.2) is 22.7 Å². The van der Waals surface area contributed by atoms with Gasteiger partial charge in [-0.3, -0.25) is 9.78 Å². The first-order chi connectivity index (χ1) is 13.3. The quantitative estimate of drug-likeness (QED) is 0.701. The molecule has 0 bridgehead atoms. The summed E-state index contributed by atoms with van der Waals surface area (Å²) in [5.41, 5.74) is 2.57. The number of rotatable bonds is 6. The van der Waals surface area contributed by atoms with Crippen LogP contribution in [0.1, 0.15) is 21.5 Å². The molecule has 0 radical (unpaired) electrons. The number of carbonyl (C=O) groups is 1. The van der Waals surface area contributed by atoms with Crippen molar-refractivity contribution in [1.82, 2.24) is 15.3 Å². The Hall–Kier alpha value is -3.61. The molecule has 0 saturated heterocycles. The maximum atomic E-state index is 12.4. The predicted molar refractivity (Wildman–Crippen MR) is 99.5 cm³/mol. The number of fused-ring (bicyclic) bond motifs is 1. The number of nitrogens with one attached hydrogen (secondary N) is 2. The number of carbonyl (C=O) groups excluding carboxylic acids is 1. The number of nitrogens with zero attached hydrogens (tertiary/aromatic N) is 2. The van der Waals surface area contributed by atoms with Gasteiger partial charge >= 0.3 is 0 Å². The number of anilines is 1. The molecule has 0 fully saturated rings. The molecule has 0 saturated carbocycles. The van der Waals surface area contributed by atoms with E-state index < -0.39 is 0 Å². The number of ether oxygens (including phenoxy) is 2. The van der Waals surface area contributed by atoms with E-state index in [1.807, 2.05) is 30.3 Å². The highest BCUT2D eigenvalue weighted by Crippen LogP contribution is 2.32. The Kier molecular flexibility index (Phi) is 4.82. The average Bonchev–Trinajstić information content (AvgIpc) is 3.19. The third kappa shape index (κ3) is 4.14. The van der Waals surface area contributed by atoms with Gasteiger partial charge < -0.3 is 20.1 Å². The summed E-state index contributed by atoms with van der Waals surface area (Å²) in [7, 11) is 0. The Morgan fingerprint density at radius 1 is 0.926 bits per heavy atom. The fourth-order valence-corrected chi connectivity index (χ4v) is 2.70. The van der Waals surface area contributed by atoms with Crippen LogP contribution < -0.4 is 20.1 Å². The third-order valence-electron chi connectivity index (χ3n) is 4.14. The second-order valence-electron chi connectivity index (χ2n) is 6.01. The lowest BCUT2D eigenvalue weighted by atomic mass is 10.2. The lowest BCUT2D eigenvalue weighted by molar-refractivity contribution is 0.0950.